The van der Waals surface area contributed by atoms with E-state index in [0.717, 1.165) is 12.1 Å². The summed E-state index contributed by atoms with van der Waals surface area (Å²) < 4.78 is 5.43. The summed E-state index contributed by atoms with van der Waals surface area (Å²) in [6, 6.07) is 49.8. The van der Waals surface area contributed by atoms with Gasteiger partial charge in [0.2, 0.25) is 0 Å². The molecule has 0 fully saturated rings. The van der Waals surface area contributed by atoms with Crippen LogP contribution in [0.5, 0.6) is 0 Å². The van der Waals surface area contributed by atoms with E-state index in [1.165, 1.54) is 127 Å². The number of anilines is 6. The van der Waals surface area contributed by atoms with Gasteiger partial charge in [0.15, 0.2) is 0 Å². The Hall–Kier alpha value is -6.04. The van der Waals surface area contributed by atoms with Gasteiger partial charge in [-0.25, -0.2) is 0 Å². The number of para-hydroxylation sites is 2. The fourth-order valence-corrected chi connectivity index (χ4v) is 13.4. The van der Waals surface area contributed by atoms with Crippen molar-refractivity contribution in [3.8, 4) is 5.69 Å². The lowest BCUT2D eigenvalue weighted by molar-refractivity contribution is 0.332. The monoisotopic (exact) mass is 905 g/mol. The summed E-state index contributed by atoms with van der Waals surface area (Å²) in [5, 5.41) is 2.71. The zero-order valence-electron chi connectivity index (χ0n) is 42.4. The molecule has 3 nitrogen and oxygen atoms in total. The van der Waals surface area contributed by atoms with Crippen LogP contribution in [0.25, 0.3) is 36.9 Å². The van der Waals surface area contributed by atoms with E-state index in [9.17, 15) is 0 Å². The molecule has 9 aromatic rings. The molecule has 0 unspecified atom stereocenters. The molecule has 0 N–H and O–H groups in total. The van der Waals surface area contributed by atoms with Gasteiger partial charge in [-0.2, -0.15) is 0 Å². The van der Waals surface area contributed by atoms with Crippen LogP contribution in [-0.4, -0.2) is 11.3 Å². The van der Waals surface area contributed by atoms with Crippen molar-refractivity contribution in [1.82, 2.24) is 4.57 Å². The van der Waals surface area contributed by atoms with Crippen LogP contribution in [0.1, 0.15) is 121 Å². The first-order valence-corrected chi connectivity index (χ1v) is 25.7. The lowest BCUT2D eigenvalue weighted by Crippen LogP contribution is -2.60. The molecule has 5 heteroatoms. The zero-order chi connectivity index (χ0) is 47.6. The van der Waals surface area contributed by atoms with Gasteiger partial charge in [0.25, 0.3) is 6.71 Å². The maximum Gasteiger partial charge on any atom is 0.252 e. The molecule has 3 aliphatic rings. The molecule has 0 bridgehead atoms. The van der Waals surface area contributed by atoms with E-state index in [1.54, 1.807) is 0 Å². The Morgan fingerprint density at radius 3 is 1.76 bits per heavy atom. The van der Waals surface area contributed by atoms with Crippen molar-refractivity contribution in [2.45, 2.75) is 125 Å². The Morgan fingerprint density at radius 2 is 1.12 bits per heavy atom. The van der Waals surface area contributed by atoms with Gasteiger partial charge >= 0.3 is 0 Å². The molecule has 7 aromatic carbocycles. The molecule has 340 valence electrons. The molecule has 0 amide bonds. The van der Waals surface area contributed by atoms with Crippen molar-refractivity contribution >= 4 is 99.8 Å². The van der Waals surface area contributed by atoms with Gasteiger partial charge < -0.3 is 14.4 Å². The summed E-state index contributed by atoms with van der Waals surface area (Å²) in [5.74, 6) is 0. The van der Waals surface area contributed by atoms with E-state index in [-0.39, 0.29) is 28.4 Å². The fraction of sp³-hybridized carbons (Fsp3) is 0.302. The van der Waals surface area contributed by atoms with Gasteiger partial charge in [0, 0.05) is 55.3 Å². The van der Waals surface area contributed by atoms with Crippen molar-refractivity contribution in [3.05, 3.63) is 166 Å². The summed E-state index contributed by atoms with van der Waals surface area (Å²) in [4.78, 5) is 5.22. The number of rotatable bonds is 4. The minimum Gasteiger partial charge on any atom is -0.311 e. The smallest absolute Gasteiger partial charge is 0.252 e. The molecule has 1 aliphatic carbocycles. The van der Waals surface area contributed by atoms with E-state index in [0.29, 0.717) is 0 Å². The lowest BCUT2D eigenvalue weighted by Gasteiger charge is -2.45. The Balaban J connectivity index is 1.26. The summed E-state index contributed by atoms with van der Waals surface area (Å²) in [5.41, 5.74) is 25.0. The molecule has 0 radical (unpaired) electrons. The lowest BCUT2D eigenvalue weighted by atomic mass is 9.33. The number of hydrogen-bond donors (Lipinski definition) is 0. The fourth-order valence-electron chi connectivity index (χ4n) is 12.2. The molecule has 0 saturated carbocycles. The van der Waals surface area contributed by atoms with Gasteiger partial charge in [0.1, 0.15) is 0 Å². The predicted octanol–water partition coefficient (Wildman–Crippen LogP) is 16.0. The van der Waals surface area contributed by atoms with Crippen molar-refractivity contribution in [1.29, 1.82) is 0 Å². The largest absolute Gasteiger partial charge is 0.311 e. The molecule has 4 heterocycles. The normalized spacial score (nSPS) is 15.8. The van der Waals surface area contributed by atoms with E-state index in [2.05, 4.69) is 232 Å². The zero-order valence-corrected chi connectivity index (χ0v) is 43.2. The van der Waals surface area contributed by atoms with Gasteiger partial charge in [-0.15, -0.1) is 11.3 Å². The highest BCUT2D eigenvalue weighted by Crippen LogP contribution is 2.52. The first-order valence-electron chi connectivity index (χ1n) is 24.9. The summed E-state index contributed by atoms with van der Waals surface area (Å²) in [6.45, 7) is 31.1. The van der Waals surface area contributed by atoms with Crippen molar-refractivity contribution in [3.63, 3.8) is 0 Å². The second kappa shape index (κ2) is 14.5. The molecular weight excluding hydrogens is 842 g/mol. The average molecular weight is 906 g/mol. The van der Waals surface area contributed by atoms with Crippen LogP contribution in [0.15, 0.2) is 127 Å². The predicted molar refractivity (Wildman–Crippen MR) is 297 cm³/mol. The standard InChI is InChI=1S/C63H64BN3S/c1-37-20-14-17-23-49(37)65(50-24-18-15-21-38(50)2)42-26-27-47-52(35-42)66(51-36-46-45(30-39(51)3)62(10,11)28-29-63(46,12)13)53-33-41(61(7,8)9)34-54-56(53)64(47)48-32-40(60(4,5)6)31-44-57(48)67(54)58-43-22-16-19-25-55(43)68-59(44)58/h14-27,30-36H,28-29H2,1-13H3. The average Bonchev–Trinajstić information content (AvgIpc) is 3.83. The van der Waals surface area contributed by atoms with Crippen LogP contribution >= 0.6 is 11.3 Å². The van der Waals surface area contributed by atoms with E-state index < -0.39 is 0 Å². The van der Waals surface area contributed by atoms with Crippen molar-refractivity contribution in [2.24, 2.45) is 0 Å². The van der Waals surface area contributed by atoms with Crippen LogP contribution in [0.3, 0.4) is 0 Å². The second-order valence-corrected chi connectivity index (χ2v) is 24.9. The number of hydrogen-bond acceptors (Lipinski definition) is 3. The van der Waals surface area contributed by atoms with Gasteiger partial charge in [-0.1, -0.05) is 142 Å². The van der Waals surface area contributed by atoms with Gasteiger partial charge in [-0.3, -0.25) is 0 Å². The molecule has 0 atom stereocenters. The van der Waals surface area contributed by atoms with E-state index in [4.69, 9.17) is 0 Å². The second-order valence-electron chi connectivity index (χ2n) is 23.9. The maximum absolute atomic E-state index is 2.72. The molecule has 12 rings (SSSR count). The first kappa shape index (κ1) is 43.3. The third-order valence-corrected chi connectivity index (χ3v) is 17.5. The number of aryl methyl sites for hydroxylation is 3. The van der Waals surface area contributed by atoms with Crippen LogP contribution in [0, 0.1) is 20.8 Å². The van der Waals surface area contributed by atoms with Crippen molar-refractivity contribution < 1.29 is 0 Å². The third kappa shape index (κ3) is 6.23. The minimum atomic E-state index is -0.114. The van der Waals surface area contributed by atoms with Crippen LogP contribution in [0.4, 0.5) is 34.1 Å². The van der Waals surface area contributed by atoms with Crippen LogP contribution in [-0.2, 0) is 21.7 Å². The molecule has 68 heavy (non-hydrogen) atoms. The summed E-state index contributed by atoms with van der Waals surface area (Å²) in [6.07, 6.45) is 2.35. The first-order chi connectivity index (χ1) is 32.2. The number of nitrogens with zero attached hydrogens (tertiary/aromatic N) is 3. The Bertz CT molecular complexity index is 3560. The van der Waals surface area contributed by atoms with Crippen LogP contribution in [0.2, 0.25) is 0 Å². The third-order valence-electron chi connectivity index (χ3n) is 16.3. The molecule has 2 aromatic heterocycles. The topological polar surface area (TPSA) is 11.4 Å². The highest BCUT2D eigenvalue weighted by atomic mass is 32.1. The molecule has 0 saturated heterocycles. The number of benzene rings is 7. The SMILES string of the molecule is Cc1ccccc1N(c1ccc2c(c1)N(c1cc3c(cc1C)C(C)(C)CCC3(C)C)c1cc(C(C)(C)C)cc3c1B2c1cc(C(C)(C)C)cc2c4sc5ccccc5c4n-3c12)c1ccccc1C. The Kier molecular flexibility index (Phi) is 9.22. The number of aromatic nitrogens is 1. The van der Waals surface area contributed by atoms with E-state index >= 15 is 0 Å². The summed E-state index contributed by atoms with van der Waals surface area (Å²) in [7, 11) is 0. The highest BCUT2D eigenvalue weighted by Gasteiger charge is 2.45. The minimum absolute atomic E-state index is 0.0144. The quantitative estimate of drug-likeness (QED) is 0.163. The Morgan fingerprint density at radius 1 is 0.529 bits per heavy atom. The van der Waals surface area contributed by atoms with E-state index in [1.807, 2.05) is 11.3 Å². The highest BCUT2D eigenvalue weighted by molar-refractivity contribution is 7.26. The van der Waals surface area contributed by atoms with Crippen molar-refractivity contribution in [2.75, 3.05) is 9.80 Å². The Labute approximate surface area is 408 Å². The van der Waals surface area contributed by atoms with Gasteiger partial charge in [-0.05, 0) is 165 Å². The molecule has 0 spiro atoms. The van der Waals surface area contributed by atoms with Crippen LogP contribution < -0.4 is 26.2 Å². The number of fused-ring (bicyclic) bond motifs is 10. The molecular formula is C63H64BN3S. The molecule has 2 aliphatic heterocycles. The summed E-state index contributed by atoms with van der Waals surface area (Å²) >= 11 is 1.96. The number of thiophene rings is 1. The van der Waals surface area contributed by atoms with Gasteiger partial charge in [0.05, 0.1) is 15.7 Å². The maximum atomic E-state index is 2.72.